The number of benzene rings is 2. The monoisotopic (exact) mass is 488 g/mol. The highest BCUT2D eigenvalue weighted by atomic mass is 35.5. The minimum Gasteiger partial charge on any atom is -0.367 e. The number of rotatable bonds is 5. The Balaban J connectivity index is 1.35. The maximum absolute atomic E-state index is 14.8. The molecule has 0 bridgehead atoms. The van der Waals surface area contributed by atoms with Gasteiger partial charge in [-0.1, -0.05) is 17.7 Å². The van der Waals surface area contributed by atoms with Gasteiger partial charge < -0.3 is 30.7 Å². The predicted molar refractivity (Wildman–Crippen MR) is 133 cm³/mol. The van der Waals surface area contributed by atoms with Crippen molar-refractivity contribution in [3.63, 3.8) is 0 Å². The minimum atomic E-state index is -0.419. The van der Waals surface area contributed by atoms with Crippen LogP contribution in [0.5, 0.6) is 0 Å². The maximum Gasteiger partial charge on any atom is 0.319 e. The van der Waals surface area contributed by atoms with Crippen LogP contribution in [0.3, 0.4) is 0 Å². The standard InChI is InChI=1S/C24H30ClFN6O2/c1-16(17-3-5-22(20(26)13-17)31-11-9-30(2)10-12-31)28-24(34)29-18-4-6-21(19(25)14-18)32-8-7-27-23(33)15-32/h3-6,13-14,16H,7-12,15H2,1-2H3,(H,27,33)(H2,28,29,34). The molecule has 0 aromatic heterocycles. The summed E-state index contributed by atoms with van der Waals surface area (Å²) in [4.78, 5) is 30.3. The van der Waals surface area contributed by atoms with Gasteiger partial charge in [0.2, 0.25) is 5.91 Å². The number of carbonyl (C=O) groups excluding carboxylic acids is 2. The molecule has 2 aromatic rings. The lowest BCUT2D eigenvalue weighted by Gasteiger charge is -2.34. The van der Waals surface area contributed by atoms with Gasteiger partial charge in [0.1, 0.15) is 5.82 Å². The first-order valence-electron chi connectivity index (χ1n) is 11.4. The number of piperazine rings is 2. The van der Waals surface area contributed by atoms with Crippen molar-refractivity contribution in [2.24, 2.45) is 0 Å². The highest BCUT2D eigenvalue weighted by Crippen LogP contribution is 2.29. The average molecular weight is 489 g/mol. The molecule has 1 unspecified atom stereocenters. The summed E-state index contributed by atoms with van der Waals surface area (Å²) in [6.45, 7) is 6.66. The quantitative estimate of drug-likeness (QED) is 0.603. The maximum atomic E-state index is 14.8. The van der Waals surface area contributed by atoms with Crippen molar-refractivity contribution in [2.75, 3.05) is 68.0 Å². The number of anilines is 3. The van der Waals surface area contributed by atoms with Gasteiger partial charge in [-0.25, -0.2) is 9.18 Å². The molecule has 0 saturated carbocycles. The zero-order valence-electron chi connectivity index (χ0n) is 19.4. The van der Waals surface area contributed by atoms with E-state index in [0.29, 0.717) is 35.1 Å². The molecule has 0 spiro atoms. The van der Waals surface area contributed by atoms with Crippen LogP contribution in [0.2, 0.25) is 5.02 Å². The van der Waals surface area contributed by atoms with Crippen LogP contribution in [0.1, 0.15) is 18.5 Å². The van der Waals surface area contributed by atoms with E-state index in [0.717, 1.165) is 31.9 Å². The molecule has 34 heavy (non-hydrogen) atoms. The van der Waals surface area contributed by atoms with Gasteiger partial charge in [-0.3, -0.25) is 4.79 Å². The molecular weight excluding hydrogens is 459 g/mol. The van der Waals surface area contributed by atoms with E-state index in [1.54, 1.807) is 31.2 Å². The first-order chi connectivity index (χ1) is 16.3. The van der Waals surface area contributed by atoms with E-state index in [4.69, 9.17) is 11.6 Å². The Hall–Kier alpha value is -3.04. The number of hydrogen-bond donors (Lipinski definition) is 3. The molecule has 0 aliphatic carbocycles. The van der Waals surface area contributed by atoms with Gasteiger partial charge in [0.05, 0.1) is 29.0 Å². The smallest absolute Gasteiger partial charge is 0.319 e. The molecule has 3 N–H and O–H groups in total. The number of halogens is 2. The van der Waals surface area contributed by atoms with Crippen molar-refractivity contribution in [1.82, 2.24) is 15.5 Å². The SMILES string of the molecule is CC(NC(=O)Nc1ccc(N2CCNC(=O)C2)c(Cl)c1)c1ccc(N2CCN(C)CC2)c(F)c1. The molecule has 4 rings (SSSR count). The summed E-state index contributed by atoms with van der Waals surface area (Å²) in [6, 6.07) is 9.48. The molecule has 1 atom stereocenters. The first kappa shape index (κ1) is 24.1. The molecule has 3 amide bonds. The summed E-state index contributed by atoms with van der Waals surface area (Å²) >= 11 is 6.41. The molecule has 8 nitrogen and oxygen atoms in total. The summed E-state index contributed by atoms with van der Waals surface area (Å²) in [5.41, 5.74) is 2.54. The lowest BCUT2D eigenvalue weighted by Crippen LogP contribution is -2.47. The van der Waals surface area contributed by atoms with Crippen LogP contribution in [0, 0.1) is 5.82 Å². The third-order valence-corrected chi connectivity index (χ3v) is 6.55. The van der Waals surface area contributed by atoms with Crippen LogP contribution >= 0.6 is 11.6 Å². The number of carbonyl (C=O) groups is 2. The van der Waals surface area contributed by atoms with E-state index in [2.05, 4.69) is 27.9 Å². The Morgan fingerprint density at radius 1 is 1.06 bits per heavy atom. The number of likely N-dealkylation sites (N-methyl/N-ethyl adjacent to an activating group) is 1. The Morgan fingerprint density at radius 2 is 1.79 bits per heavy atom. The van der Waals surface area contributed by atoms with E-state index in [1.165, 1.54) is 6.07 Å². The highest BCUT2D eigenvalue weighted by Gasteiger charge is 2.20. The van der Waals surface area contributed by atoms with Gasteiger partial charge in [0, 0.05) is 45.0 Å². The number of nitrogens with zero attached hydrogens (tertiary/aromatic N) is 3. The normalized spacial score (nSPS) is 17.8. The van der Waals surface area contributed by atoms with Gasteiger partial charge in [0.25, 0.3) is 0 Å². The third kappa shape index (κ3) is 5.71. The second kappa shape index (κ2) is 10.5. The Labute approximate surface area is 204 Å². The number of amides is 3. The van der Waals surface area contributed by atoms with Crippen molar-refractivity contribution in [3.8, 4) is 0 Å². The second-order valence-corrected chi connectivity index (χ2v) is 9.17. The van der Waals surface area contributed by atoms with Gasteiger partial charge in [0.15, 0.2) is 0 Å². The van der Waals surface area contributed by atoms with Crippen LogP contribution in [0.25, 0.3) is 0 Å². The van der Waals surface area contributed by atoms with Crippen LogP contribution in [0.4, 0.5) is 26.2 Å². The topological polar surface area (TPSA) is 79.9 Å². The fourth-order valence-electron chi connectivity index (χ4n) is 4.23. The number of nitrogens with one attached hydrogen (secondary N) is 3. The average Bonchev–Trinajstić information content (AvgIpc) is 2.79. The van der Waals surface area contributed by atoms with E-state index >= 15 is 0 Å². The van der Waals surface area contributed by atoms with E-state index in [-0.39, 0.29) is 18.3 Å². The van der Waals surface area contributed by atoms with Crippen molar-refractivity contribution in [3.05, 3.63) is 52.8 Å². The van der Waals surface area contributed by atoms with Crippen molar-refractivity contribution < 1.29 is 14.0 Å². The minimum absolute atomic E-state index is 0.0501. The summed E-state index contributed by atoms with van der Waals surface area (Å²) in [7, 11) is 2.06. The second-order valence-electron chi connectivity index (χ2n) is 8.76. The Bertz CT molecular complexity index is 1060. The summed E-state index contributed by atoms with van der Waals surface area (Å²) in [5, 5.41) is 8.83. The van der Waals surface area contributed by atoms with Gasteiger partial charge >= 0.3 is 6.03 Å². The largest absolute Gasteiger partial charge is 0.367 e. The first-order valence-corrected chi connectivity index (χ1v) is 11.8. The van der Waals surface area contributed by atoms with Crippen LogP contribution < -0.4 is 25.8 Å². The van der Waals surface area contributed by atoms with Crippen LogP contribution in [0.15, 0.2) is 36.4 Å². The number of urea groups is 1. The van der Waals surface area contributed by atoms with E-state index in [1.807, 2.05) is 15.9 Å². The molecule has 2 saturated heterocycles. The van der Waals surface area contributed by atoms with Crippen LogP contribution in [-0.2, 0) is 4.79 Å². The Morgan fingerprint density at radius 3 is 2.47 bits per heavy atom. The fraction of sp³-hybridized carbons (Fsp3) is 0.417. The summed E-state index contributed by atoms with van der Waals surface area (Å²) in [6.07, 6.45) is 0. The molecule has 10 heteroatoms. The lowest BCUT2D eigenvalue weighted by atomic mass is 10.1. The summed E-state index contributed by atoms with van der Waals surface area (Å²) < 4.78 is 14.8. The fourth-order valence-corrected chi connectivity index (χ4v) is 4.53. The Kier molecular flexibility index (Phi) is 7.43. The molecule has 2 aliphatic rings. The van der Waals surface area contributed by atoms with Crippen LogP contribution in [-0.4, -0.2) is 69.7 Å². The lowest BCUT2D eigenvalue weighted by molar-refractivity contribution is -0.120. The summed E-state index contributed by atoms with van der Waals surface area (Å²) in [5.74, 6) is -0.337. The van der Waals surface area contributed by atoms with Gasteiger partial charge in [-0.2, -0.15) is 0 Å². The van der Waals surface area contributed by atoms with Crippen molar-refractivity contribution in [1.29, 1.82) is 0 Å². The van der Waals surface area contributed by atoms with Crippen molar-refractivity contribution in [2.45, 2.75) is 13.0 Å². The van der Waals surface area contributed by atoms with E-state index in [9.17, 15) is 14.0 Å². The van der Waals surface area contributed by atoms with Gasteiger partial charge in [-0.15, -0.1) is 0 Å². The van der Waals surface area contributed by atoms with Crippen molar-refractivity contribution >= 4 is 40.6 Å². The molecule has 0 radical (unpaired) electrons. The third-order valence-electron chi connectivity index (χ3n) is 6.25. The number of hydrogen-bond acceptors (Lipinski definition) is 5. The molecule has 2 aliphatic heterocycles. The molecule has 2 aromatic carbocycles. The zero-order chi connectivity index (χ0) is 24.2. The van der Waals surface area contributed by atoms with E-state index < -0.39 is 12.1 Å². The zero-order valence-corrected chi connectivity index (χ0v) is 20.2. The predicted octanol–water partition coefficient (Wildman–Crippen LogP) is 3.05. The van der Waals surface area contributed by atoms with Gasteiger partial charge in [-0.05, 0) is 49.9 Å². The molecule has 2 heterocycles. The molecule has 2 fully saturated rings. The molecule has 182 valence electrons. The highest BCUT2D eigenvalue weighted by molar-refractivity contribution is 6.33. The molecular formula is C24H30ClFN6O2.